The van der Waals surface area contributed by atoms with Gasteiger partial charge in [0.15, 0.2) is 0 Å². The Morgan fingerprint density at radius 3 is 2.14 bits per heavy atom. The van der Waals surface area contributed by atoms with E-state index in [9.17, 15) is 19.2 Å². The van der Waals surface area contributed by atoms with Crippen molar-refractivity contribution < 1.29 is 28.7 Å². The molecule has 1 aromatic carbocycles. The van der Waals surface area contributed by atoms with E-state index in [1.807, 2.05) is 30.3 Å². The van der Waals surface area contributed by atoms with E-state index < -0.39 is 35.5 Å². The van der Waals surface area contributed by atoms with Gasteiger partial charge in [0.1, 0.15) is 17.7 Å². The summed E-state index contributed by atoms with van der Waals surface area (Å²) in [5, 5.41) is 5.17. The molecule has 160 valence electrons. The summed E-state index contributed by atoms with van der Waals surface area (Å²) in [6.45, 7) is 6.54. The Balaban J connectivity index is 2.82. The molecule has 0 bridgehead atoms. The van der Waals surface area contributed by atoms with Crippen molar-refractivity contribution in [2.45, 2.75) is 64.6 Å². The van der Waals surface area contributed by atoms with Crippen LogP contribution < -0.4 is 10.6 Å². The van der Waals surface area contributed by atoms with Gasteiger partial charge in [-0.1, -0.05) is 30.3 Å². The van der Waals surface area contributed by atoms with E-state index in [1.165, 1.54) is 14.0 Å². The van der Waals surface area contributed by atoms with Gasteiger partial charge < -0.3 is 20.1 Å². The van der Waals surface area contributed by atoms with Gasteiger partial charge in [-0.3, -0.25) is 14.4 Å². The van der Waals surface area contributed by atoms with Crippen LogP contribution in [0, 0.1) is 0 Å². The number of carbonyl (C=O) groups excluding carboxylic acids is 4. The number of nitrogens with one attached hydrogen (secondary N) is 2. The standard InChI is InChI=1S/C21H30N2O6/c1-14(24)22-17(13-15-9-7-6-8-10-15)19(26)23-16(20(27)28-5)11-12-18(25)29-21(2,3)4/h6-10,16-17H,11-13H2,1-5H3,(H,22,24)(H,23,26)/t16-,17+/m1/s1. The van der Waals surface area contributed by atoms with Crippen molar-refractivity contribution in [3.63, 3.8) is 0 Å². The summed E-state index contributed by atoms with van der Waals surface area (Å²) < 4.78 is 9.96. The molecule has 0 saturated carbocycles. The summed E-state index contributed by atoms with van der Waals surface area (Å²) >= 11 is 0. The molecule has 0 saturated heterocycles. The molecule has 0 spiro atoms. The Morgan fingerprint density at radius 2 is 1.62 bits per heavy atom. The molecule has 0 aliphatic heterocycles. The van der Waals surface area contributed by atoms with Crippen LogP contribution in [-0.2, 0) is 35.1 Å². The fourth-order valence-electron chi connectivity index (χ4n) is 2.62. The number of esters is 2. The minimum atomic E-state index is -1.04. The molecule has 8 nitrogen and oxygen atoms in total. The van der Waals surface area contributed by atoms with Crippen LogP contribution in [0.4, 0.5) is 0 Å². The molecular formula is C21H30N2O6. The third kappa shape index (κ3) is 9.73. The number of carbonyl (C=O) groups is 4. The average molecular weight is 406 g/mol. The van der Waals surface area contributed by atoms with Gasteiger partial charge in [-0.15, -0.1) is 0 Å². The number of rotatable bonds is 9. The molecule has 0 fully saturated rings. The van der Waals surface area contributed by atoms with E-state index in [-0.39, 0.29) is 25.2 Å². The van der Waals surface area contributed by atoms with Gasteiger partial charge in [-0.2, -0.15) is 0 Å². The summed E-state index contributed by atoms with van der Waals surface area (Å²) in [6.07, 6.45) is 0.207. The second kappa shape index (κ2) is 11.2. The Labute approximate surface area is 171 Å². The van der Waals surface area contributed by atoms with Crippen molar-refractivity contribution >= 4 is 23.8 Å². The van der Waals surface area contributed by atoms with Crippen molar-refractivity contribution in [3.05, 3.63) is 35.9 Å². The first-order valence-electron chi connectivity index (χ1n) is 9.43. The van der Waals surface area contributed by atoms with Crippen LogP contribution in [0.2, 0.25) is 0 Å². The molecule has 0 heterocycles. The van der Waals surface area contributed by atoms with Gasteiger partial charge in [-0.05, 0) is 32.8 Å². The highest BCUT2D eigenvalue weighted by atomic mass is 16.6. The molecule has 8 heteroatoms. The monoisotopic (exact) mass is 406 g/mol. The summed E-state index contributed by atoms with van der Waals surface area (Å²) in [5.74, 6) is -2.07. The van der Waals surface area contributed by atoms with Crippen LogP contribution in [-0.4, -0.2) is 48.5 Å². The number of methoxy groups -OCH3 is 1. The molecule has 1 rings (SSSR count). The van der Waals surface area contributed by atoms with Crippen LogP contribution in [0.15, 0.2) is 30.3 Å². The van der Waals surface area contributed by atoms with E-state index in [2.05, 4.69) is 10.6 Å². The second-order valence-electron chi connectivity index (χ2n) is 7.65. The second-order valence-corrected chi connectivity index (χ2v) is 7.65. The number of benzene rings is 1. The molecule has 29 heavy (non-hydrogen) atoms. The Hall–Kier alpha value is -2.90. The lowest BCUT2D eigenvalue weighted by Gasteiger charge is -2.23. The predicted molar refractivity (Wildman–Crippen MR) is 107 cm³/mol. The van der Waals surface area contributed by atoms with E-state index in [0.717, 1.165) is 5.56 Å². The van der Waals surface area contributed by atoms with Gasteiger partial charge in [0.2, 0.25) is 11.8 Å². The van der Waals surface area contributed by atoms with E-state index in [0.29, 0.717) is 0 Å². The van der Waals surface area contributed by atoms with Gasteiger partial charge >= 0.3 is 11.9 Å². The lowest BCUT2D eigenvalue weighted by Crippen LogP contribution is -2.52. The average Bonchev–Trinajstić information content (AvgIpc) is 2.62. The largest absolute Gasteiger partial charge is 0.467 e. The molecule has 0 radical (unpaired) electrons. The van der Waals surface area contributed by atoms with Gasteiger partial charge in [0.05, 0.1) is 7.11 Å². The van der Waals surface area contributed by atoms with Gasteiger partial charge in [0, 0.05) is 19.8 Å². The van der Waals surface area contributed by atoms with Crippen LogP contribution in [0.3, 0.4) is 0 Å². The molecule has 0 aliphatic rings. The first kappa shape index (κ1) is 24.1. The topological polar surface area (TPSA) is 111 Å². The van der Waals surface area contributed by atoms with Crippen molar-refractivity contribution in [2.75, 3.05) is 7.11 Å². The highest BCUT2D eigenvalue weighted by Crippen LogP contribution is 2.11. The summed E-state index contributed by atoms with van der Waals surface area (Å²) in [4.78, 5) is 48.3. The van der Waals surface area contributed by atoms with Crippen molar-refractivity contribution in [1.82, 2.24) is 10.6 Å². The molecule has 2 N–H and O–H groups in total. The minimum absolute atomic E-state index is 0.0193. The van der Waals surface area contributed by atoms with Crippen molar-refractivity contribution in [3.8, 4) is 0 Å². The molecule has 0 aliphatic carbocycles. The number of hydrogen-bond acceptors (Lipinski definition) is 6. The van der Waals surface area contributed by atoms with E-state index >= 15 is 0 Å². The zero-order valence-electron chi connectivity index (χ0n) is 17.6. The molecule has 2 atom stereocenters. The Kier molecular flexibility index (Phi) is 9.31. The smallest absolute Gasteiger partial charge is 0.328 e. The molecule has 0 aromatic heterocycles. The van der Waals surface area contributed by atoms with Crippen LogP contribution in [0.25, 0.3) is 0 Å². The number of ether oxygens (including phenoxy) is 2. The van der Waals surface area contributed by atoms with Crippen LogP contribution in [0.1, 0.15) is 46.1 Å². The lowest BCUT2D eigenvalue weighted by atomic mass is 10.0. The highest BCUT2D eigenvalue weighted by Gasteiger charge is 2.28. The maximum Gasteiger partial charge on any atom is 0.328 e. The SMILES string of the molecule is COC(=O)[C@@H](CCC(=O)OC(C)(C)C)NC(=O)[C@H](Cc1ccccc1)NC(C)=O. The summed E-state index contributed by atoms with van der Waals surface area (Å²) in [6, 6.07) is 7.27. The predicted octanol–water partition coefficient (Wildman–Crippen LogP) is 1.51. The quantitative estimate of drug-likeness (QED) is 0.602. The Morgan fingerprint density at radius 1 is 1.00 bits per heavy atom. The maximum atomic E-state index is 12.7. The third-order valence-electron chi connectivity index (χ3n) is 3.84. The zero-order chi connectivity index (χ0) is 22.0. The molecule has 0 unspecified atom stereocenters. The summed E-state index contributed by atoms with van der Waals surface area (Å²) in [7, 11) is 1.20. The van der Waals surface area contributed by atoms with Gasteiger partial charge in [-0.25, -0.2) is 4.79 Å². The minimum Gasteiger partial charge on any atom is -0.467 e. The third-order valence-corrected chi connectivity index (χ3v) is 3.84. The highest BCUT2D eigenvalue weighted by molar-refractivity contribution is 5.90. The molecule has 1 aromatic rings. The van der Waals surface area contributed by atoms with Crippen LogP contribution >= 0.6 is 0 Å². The fourth-order valence-corrected chi connectivity index (χ4v) is 2.62. The van der Waals surface area contributed by atoms with Gasteiger partial charge in [0.25, 0.3) is 0 Å². The Bertz CT molecular complexity index is 712. The number of hydrogen-bond donors (Lipinski definition) is 2. The normalized spacial score (nSPS) is 13.0. The molecular weight excluding hydrogens is 376 g/mol. The maximum absolute atomic E-state index is 12.7. The summed E-state index contributed by atoms with van der Waals surface area (Å²) in [5.41, 5.74) is 0.206. The zero-order valence-corrected chi connectivity index (χ0v) is 17.6. The first-order valence-corrected chi connectivity index (χ1v) is 9.43. The fraction of sp³-hybridized carbons (Fsp3) is 0.524. The van der Waals surface area contributed by atoms with Crippen LogP contribution in [0.5, 0.6) is 0 Å². The lowest BCUT2D eigenvalue weighted by molar-refractivity contribution is -0.155. The van der Waals surface area contributed by atoms with E-state index in [1.54, 1.807) is 20.8 Å². The van der Waals surface area contributed by atoms with Crippen molar-refractivity contribution in [1.29, 1.82) is 0 Å². The van der Waals surface area contributed by atoms with E-state index in [4.69, 9.17) is 9.47 Å². The van der Waals surface area contributed by atoms with Crippen molar-refractivity contribution in [2.24, 2.45) is 0 Å². The first-order chi connectivity index (χ1) is 13.5. The molecule has 2 amide bonds. The number of amides is 2.